The molecule has 94 valence electrons. The molecule has 1 rings (SSSR count). The third-order valence-corrected chi connectivity index (χ3v) is 3.42. The summed E-state index contributed by atoms with van der Waals surface area (Å²) in [6.07, 6.45) is 4.06. The molecule has 0 aromatic heterocycles. The van der Waals surface area contributed by atoms with Gasteiger partial charge in [0.15, 0.2) is 0 Å². The summed E-state index contributed by atoms with van der Waals surface area (Å²) in [5.41, 5.74) is 5.81. The molecule has 0 aliphatic heterocycles. The molecule has 3 N–H and O–H groups in total. The molecule has 0 aromatic rings. The third-order valence-electron chi connectivity index (χ3n) is 3.42. The van der Waals surface area contributed by atoms with Crippen molar-refractivity contribution in [3.8, 4) is 0 Å². The van der Waals surface area contributed by atoms with Crippen LogP contribution >= 0.6 is 0 Å². The molecular formula is C12H24N2O2. The highest BCUT2D eigenvalue weighted by Crippen LogP contribution is 2.42. The van der Waals surface area contributed by atoms with Gasteiger partial charge in [-0.2, -0.15) is 0 Å². The van der Waals surface area contributed by atoms with Crippen molar-refractivity contribution in [1.82, 2.24) is 5.32 Å². The van der Waals surface area contributed by atoms with E-state index in [1.165, 1.54) is 6.42 Å². The minimum atomic E-state index is 0.0872. The van der Waals surface area contributed by atoms with Gasteiger partial charge in [-0.25, -0.2) is 0 Å². The zero-order valence-electron chi connectivity index (χ0n) is 10.4. The maximum atomic E-state index is 11.7. The molecular weight excluding hydrogens is 204 g/mol. The van der Waals surface area contributed by atoms with Crippen LogP contribution in [0, 0.1) is 5.41 Å². The number of carbonyl (C=O) groups excluding carboxylic acids is 1. The molecule has 1 atom stereocenters. The number of amides is 1. The predicted octanol–water partition coefficient (Wildman–Crippen LogP) is 1.05. The van der Waals surface area contributed by atoms with Crippen LogP contribution in [-0.2, 0) is 9.53 Å². The number of nitrogens with two attached hydrogens (primary N) is 1. The lowest BCUT2D eigenvalue weighted by Gasteiger charge is -2.40. The molecule has 4 nitrogen and oxygen atoms in total. The lowest BCUT2D eigenvalue weighted by Crippen LogP contribution is -2.43. The number of nitrogens with one attached hydrogen (secondary N) is 1. The van der Waals surface area contributed by atoms with Crippen molar-refractivity contribution in [2.24, 2.45) is 11.1 Å². The van der Waals surface area contributed by atoms with Gasteiger partial charge in [-0.05, 0) is 38.6 Å². The lowest BCUT2D eigenvalue weighted by atomic mass is 9.66. The van der Waals surface area contributed by atoms with E-state index in [-0.39, 0.29) is 17.4 Å². The summed E-state index contributed by atoms with van der Waals surface area (Å²) < 4.78 is 5.35. The smallest absolute Gasteiger partial charge is 0.220 e. The van der Waals surface area contributed by atoms with Crippen LogP contribution in [0.4, 0.5) is 0 Å². The first-order valence-electron chi connectivity index (χ1n) is 6.20. The molecule has 1 saturated carbocycles. The molecule has 4 heteroatoms. The summed E-state index contributed by atoms with van der Waals surface area (Å²) in [7, 11) is 0. The minimum absolute atomic E-state index is 0.0872. The Morgan fingerprint density at radius 2 is 2.25 bits per heavy atom. The Balaban J connectivity index is 2.20. The molecule has 0 radical (unpaired) electrons. The molecule has 1 fully saturated rings. The Kier molecular flexibility index (Phi) is 5.22. The Morgan fingerprint density at radius 1 is 1.56 bits per heavy atom. The van der Waals surface area contributed by atoms with E-state index >= 15 is 0 Å². The van der Waals surface area contributed by atoms with Crippen LogP contribution in [0.5, 0.6) is 0 Å². The van der Waals surface area contributed by atoms with Crippen LogP contribution in [0.15, 0.2) is 0 Å². The van der Waals surface area contributed by atoms with Crippen molar-refractivity contribution in [2.45, 2.75) is 45.6 Å². The van der Waals surface area contributed by atoms with E-state index in [4.69, 9.17) is 10.5 Å². The van der Waals surface area contributed by atoms with Gasteiger partial charge in [-0.3, -0.25) is 4.79 Å². The maximum absolute atomic E-state index is 11.7. The molecule has 0 saturated heterocycles. The Hall–Kier alpha value is -0.610. The normalized spacial score (nSPS) is 19.9. The van der Waals surface area contributed by atoms with Gasteiger partial charge in [-0.15, -0.1) is 0 Å². The van der Waals surface area contributed by atoms with Crippen LogP contribution in [0.1, 0.15) is 39.5 Å². The van der Waals surface area contributed by atoms with Gasteiger partial charge < -0.3 is 15.8 Å². The van der Waals surface area contributed by atoms with Crippen LogP contribution in [0.25, 0.3) is 0 Å². The second-order valence-corrected chi connectivity index (χ2v) is 4.80. The zero-order valence-corrected chi connectivity index (χ0v) is 10.4. The molecule has 1 amide bonds. The third kappa shape index (κ3) is 3.76. The first-order valence-corrected chi connectivity index (χ1v) is 6.20. The first-order chi connectivity index (χ1) is 7.62. The van der Waals surface area contributed by atoms with E-state index in [2.05, 4.69) is 5.32 Å². The fourth-order valence-corrected chi connectivity index (χ4v) is 2.13. The van der Waals surface area contributed by atoms with Gasteiger partial charge in [0, 0.05) is 19.6 Å². The maximum Gasteiger partial charge on any atom is 0.220 e. The van der Waals surface area contributed by atoms with E-state index in [9.17, 15) is 4.79 Å². The molecule has 0 bridgehead atoms. The van der Waals surface area contributed by atoms with Crippen LogP contribution in [0.3, 0.4) is 0 Å². The van der Waals surface area contributed by atoms with E-state index in [0.717, 1.165) is 12.8 Å². The van der Waals surface area contributed by atoms with Crippen LogP contribution in [-0.4, -0.2) is 31.7 Å². The average Bonchev–Trinajstić information content (AvgIpc) is 2.21. The summed E-state index contributed by atoms with van der Waals surface area (Å²) in [5, 5.41) is 2.91. The largest absolute Gasteiger partial charge is 0.377 e. The van der Waals surface area contributed by atoms with Gasteiger partial charge in [0.05, 0.1) is 6.10 Å². The second kappa shape index (κ2) is 6.21. The fraction of sp³-hybridized carbons (Fsp3) is 0.917. The Bertz CT molecular complexity index is 222. The summed E-state index contributed by atoms with van der Waals surface area (Å²) in [6.45, 7) is 5.82. The molecule has 0 spiro atoms. The molecule has 0 aromatic carbocycles. The quantitative estimate of drug-likeness (QED) is 0.684. The zero-order chi connectivity index (χ0) is 12.0. The minimum Gasteiger partial charge on any atom is -0.377 e. The van der Waals surface area contributed by atoms with Gasteiger partial charge >= 0.3 is 0 Å². The van der Waals surface area contributed by atoms with Gasteiger partial charge in [0.1, 0.15) is 0 Å². The number of ether oxygens (including phenoxy) is 1. The monoisotopic (exact) mass is 228 g/mol. The van der Waals surface area contributed by atoms with Crippen molar-refractivity contribution in [3.63, 3.8) is 0 Å². The van der Waals surface area contributed by atoms with E-state index in [1.807, 2.05) is 13.8 Å². The fourth-order valence-electron chi connectivity index (χ4n) is 2.13. The molecule has 0 heterocycles. The van der Waals surface area contributed by atoms with Crippen molar-refractivity contribution in [1.29, 1.82) is 0 Å². The summed E-state index contributed by atoms with van der Waals surface area (Å²) in [6, 6.07) is 0. The van der Waals surface area contributed by atoms with Crippen LogP contribution < -0.4 is 11.1 Å². The van der Waals surface area contributed by atoms with Crippen molar-refractivity contribution >= 4 is 5.91 Å². The van der Waals surface area contributed by atoms with Crippen molar-refractivity contribution in [2.75, 3.05) is 19.7 Å². The number of carbonyl (C=O) groups is 1. The summed E-state index contributed by atoms with van der Waals surface area (Å²) in [5.74, 6) is 0.108. The number of rotatable bonds is 7. The topological polar surface area (TPSA) is 64.3 Å². The molecule has 1 aliphatic carbocycles. The molecule has 1 unspecified atom stereocenters. The summed E-state index contributed by atoms with van der Waals surface area (Å²) >= 11 is 0. The van der Waals surface area contributed by atoms with E-state index in [1.54, 1.807) is 0 Å². The summed E-state index contributed by atoms with van der Waals surface area (Å²) in [4.78, 5) is 11.7. The average molecular weight is 228 g/mol. The SMILES string of the molecule is CCOC(C)CNC(=O)CC1(CN)CCC1. The molecule has 1 aliphatic rings. The highest BCUT2D eigenvalue weighted by molar-refractivity contribution is 5.76. The number of hydrogen-bond donors (Lipinski definition) is 2. The van der Waals surface area contributed by atoms with Crippen LogP contribution in [0.2, 0.25) is 0 Å². The van der Waals surface area contributed by atoms with E-state index < -0.39 is 0 Å². The second-order valence-electron chi connectivity index (χ2n) is 4.80. The van der Waals surface area contributed by atoms with Crippen molar-refractivity contribution in [3.05, 3.63) is 0 Å². The Morgan fingerprint density at radius 3 is 2.69 bits per heavy atom. The predicted molar refractivity (Wildman–Crippen MR) is 64.1 cm³/mol. The highest BCUT2D eigenvalue weighted by Gasteiger charge is 2.37. The first kappa shape index (κ1) is 13.5. The molecule has 16 heavy (non-hydrogen) atoms. The number of hydrogen-bond acceptors (Lipinski definition) is 3. The van der Waals surface area contributed by atoms with E-state index in [0.29, 0.717) is 26.1 Å². The van der Waals surface area contributed by atoms with Gasteiger partial charge in [-0.1, -0.05) is 6.42 Å². The van der Waals surface area contributed by atoms with Gasteiger partial charge in [0.2, 0.25) is 5.91 Å². The standard InChI is InChI=1S/C12H24N2O2/c1-3-16-10(2)8-14-11(15)7-12(9-13)5-4-6-12/h10H,3-9,13H2,1-2H3,(H,14,15). The van der Waals surface area contributed by atoms with Gasteiger partial charge in [0.25, 0.3) is 0 Å². The Labute approximate surface area is 97.9 Å². The highest BCUT2D eigenvalue weighted by atomic mass is 16.5. The lowest BCUT2D eigenvalue weighted by molar-refractivity contribution is -0.125. The van der Waals surface area contributed by atoms with Crippen molar-refractivity contribution < 1.29 is 9.53 Å².